The third-order valence-corrected chi connectivity index (χ3v) is 2.51. The van der Waals surface area contributed by atoms with E-state index in [9.17, 15) is 4.79 Å². The molecule has 0 aromatic heterocycles. The Morgan fingerprint density at radius 1 is 1.41 bits per heavy atom. The summed E-state index contributed by atoms with van der Waals surface area (Å²) in [6.45, 7) is 11.8. The van der Waals surface area contributed by atoms with Gasteiger partial charge in [0.2, 0.25) is 0 Å². The van der Waals surface area contributed by atoms with Crippen LogP contribution in [0.25, 0.3) is 0 Å². The molecule has 96 valence electrons. The Balaban J connectivity index is 4.40. The van der Waals surface area contributed by atoms with E-state index in [4.69, 9.17) is 4.74 Å². The highest BCUT2D eigenvalue weighted by molar-refractivity contribution is 5.76. The fourth-order valence-corrected chi connectivity index (χ4v) is 1.59. The second-order valence-corrected chi connectivity index (χ2v) is 4.69. The minimum Gasteiger partial charge on any atom is -0.460 e. The van der Waals surface area contributed by atoms with Gasteiger partial charge in [-0.05, 0) is 32.8 Å². The molecule has 0 saturated heterocycles. The molecule has 0 heterocycles. The molecule has 0 spiro atoms. The highest BCUT2D eigenvalue weighted by atomic mass is 16.5. The van der Waals surface area contributed by atoms with Crippen LogP contribution >= 0.6 is 0 Å². The van der Waals surface area contributed by atoms with Gasteiger partial charge in [0.1, 0.15) is 6.61 Å². The summed E-state index contributed by atoms with van der Waals surface area (Å²) in [4.78, 5) is 11.9. The van der Waals surface area contributed by atoms with Gasteiger partial charge in [-0.2, -0.15) is 0 Å². The Morgan fingerprint density at radius 2 is 2.06 bits per heavy atom. The summed E-state index contributed by atoms with van der Waals surface area (Å²) in [7, 11) is 0. The van der Waals surface area contributed by atoms with Crippen LogP contribution in [-0.4, -0.2) is 12.6 Å². The van der Waals surface area contributed by atoms with Crippen molar-refractivity contribution < 1.29 is 9.53 Å². The maximum Gasteiger partial charge on any atom is 0.311 e. The van der Waals surface area contributed by atoms with Crippen molar-refractivity contribution in [3.05, 3.63) is 36.5 Å². The monoisotopic (exact) mass is 236 g/mol. The van der Waals surface area contributed by atoms with Crippen LogP contribution in [0.4, 0.5) is 0 Å². The van der Waals surface area contributed by atoms with Crippen LogP contribution in [0.3, 0.4) is 0 Å². The molecular weight excluding hydrogens is 212 g/mol. The molecule has 0 aromatic carbocycles. The van der Waals surface area contributed by atoms with E-state index in [0.29, 0.717) is 6.61 Å². The lowest BCUT2D eigenvalue weighted by Crippen LogP contribution is -2.27. The van der Waals surface area contributed by atoms with Gasteiger partial charge in [0.25, 0.3) is 0 Å². The Bertz CT molecular complexity index is 309. The average molecular weight is 236 g/mol. The van der Waals surface area contributed by atoms with Crippen LogP contribution in [0.15, 0.2) is 36.5 Å². The van der Waals surface area contributed by atoms with Crippen molar-refractivity contribution in [2.24, 2.45) is 5.41 Å². The van der Waals surface area contributed by atoms with Crippen LogP contribution in [0, 0.1) is 5.41 Å². The molecule has 17 heavy (non-hydrogen) atoms. The first-order valence-electron chi connectivity index (χ1n) is 6.09. The van der Waals surface area contributed by atoms with Crippen molar-refractivity contribution in [3.8, 4) is 0 Å². The zero-order valence-electron chi connectivity index (χ0n) is 11.5. The van der Waals surface area contributed by atoms with Crippen LogP contribution in [-0.2, 0) is 9.53 Å². The van der Waals surface area contributed by atoms with Gasteiger partial charge in [0.05, 0.1) is 5.41 Å². The van der Waals surface area contributed by atoms with E-state index in [0.717, 1.165) is 18.4 Å². The van der Waals surface area contributed by atoms with E-state index in [2.05, 4.69) is 13.5 Å². The molecule has 0 N–H and O–H groups in total. The number of carbonyl (C=O) groups excluding carboxylic acids is 1. The fourth-order valence-electron chi connectivity index (χ4n) is 1.59. The quantitative estimate of drug-likeness (QED) is 0.492. The van der Waals surface area contributed by atoms with E-state index >= 15 is 0 Å². The first-order chi connectivity index (χ1) is 7.97. The summed E-state index contributed by atoms with van der Waals surface area (Å²) < 4.78 is 5.32. The predicted octanol–water partition coefficient (Wildman–Crippen LogP) is 4.04. The maximum atomic E-state index is 11.9. The van der Waals surface area contributed by atoms with Crippen molar-refractivity contribution >= 4 is 5.97 Å². The molecule has 0 atom stereocenters. The van der Waals surface area contributed by atoms with Crippen molar-refractivity contribution in [2.45, 2.75) is 40.5 Å². The lowest BCUT2D eigenvalue weighted by Gasteiger charge is -2.21. The molecule has 0 aliphatic carbocycles. The number of esters is 1. The molecule has 2 heteroatoms. The summed E-state index contributed by atoms with van der Waals surface area (Å²) in [6.07, 6.45) is 9.20. The third-order valence-electron chi connectivity index (χ3n) is 2.51. The van der Waals surface area contributed by atoms with E-state index in [-0.39, 0.29) is 5.97 Å². The first kappa shape index (κ1) is 15.7. The number of ether oxygens (including phenoxy) is 1. The van der Waals surface area contributed by atoms with Crippen molar-refractivity contribution in [1.29, 1.82) is 0 Å². The fraction of sp³-hybridized carbons (Fsp3) is 0.533. The van der Waals surface area contributed by atoms with Crippen LogP contribution in [0.1, 0.15) is 40.5 Å². The van der Waals surface area contributed by atoms with Gasteiger partial charge < -0.3 is 4.74 Å². The zero-order valence-corrected chi connectivity index (χ0v) is 11.5. The standard InChI is InChI=1S/C15H24O2/c1-6-9-13(10-7-2)12-17-14(16)15(4,5)11-8-3/h6-7,9-10H,1,8,11-12H2,2-5H3/b10-7-,13-9+. The summed E-state index contributed by atoms with van der Waals surface area (Å²) in [6, 6.07) is 0. The Hall–Kier alpha value is -1.31. The Labute approximate surface area is 105 Å². The third kappa shape index (κ3) is 6.10. The molecule has 0 bridgehead atoms. The summed E-state index contributed by atoms with van der Waals surface area (Å²) in [5.74, 6) is -0.140. The van der Waals surface area contributed by atoms with Crippen LogP contribution < -0.4 is 0 Å². The maximum absolute atomic E-state index is 11.9. The number of hydrogen-bond acceptors (Lipinski definition) is 2. The second-order valence-electron chi connectivity index (χ2n) is 4.69. The van der Waals surface area contributed by atoms with Crippen molar-refractivity contribution in [1.82, 2.24) is 0 Å². The molecule has 0 rings (SSSR count). The average Bonchev–Trinajstić information content (AvgIpc) is 2.26. The summed E-state index contributed by atoms with van der Waals surface area (Å²) in [5.41, 5.74) is 0.549. The lowest BCUT2D eigenvalue weighted by atomic mass is 9.88. The van der Waals surface area contributed by atoms with Gasteiger partial charge in [-0.15, -0.1) is 0 Å². The Morgan fingerprint density at radius 3 is 2.53 bits per heavy atom. The lowest BCUT2D eigenvalue weighted by molar-refractivity contribution is -0.153. The number of rotatable bonds is 7. The highest BCUT2D eigenvalue weighted by Gasteiger charge is 2.28. The van der Waals surface area contributed by atoms with E-state index in [1.807, 2.05) is 39.0 Å². The highest BCUT2D eigenvalue weighted by Crippen LogP contribution is 2.24. The predicted molar refractivity (Wildman–Crippen MR) is 72.7 cm³/mol. The van der Waals surface area contributed by atoms with Gasteiger partial charge >= 0.3 is 5.97 Å². The second kappa shape index (κ2) is 7.88. The SMILES string of the molecule is C=C/C=C(\C=C/C)COC(=O)C(C)(C)CCC. The van der Waals surface area contributed by atoms with Gasteiger partial charge in [-0.1, -0.05) is 44.2 Å². The zero-order chi connectivity index (χ0) is 13.3. The number of carbonyl (C=O) groups is 1. The molecule has 0 radical (unpaired) electrons. The number of allylic oxidation sites excluding steroid dienone is 3. The Kier molecular flexibility index (Phi) is 7.27. The largest absolute Gasteiger partial charge is 0.460 e. The summed E-state index contributed by atoms with van der Waals surface area (Å²) in [5, 5.41) is 0. The molecule has 0 fully saturated rings. The van der Waals surface area contributed by atoms with Gasteiger partial charge in [-0.3, -0.25) is 4.79 Å². The smallest absolute Gasteiger partial charge is 0.311 e. The summed E-state index contributed by atoms with van der Waals surface area (Å²) >= 11 is 0. The van der Waals surface area contributed by atoms with E-state index in [1.54, 1.807) is 6.08 Å². The van der Waals surface area contributed by atoms with Gasteiger partial charge in [0, 0.05) is 0 Å². The molecule has 0 aliphatic heterocycles. The van der Waals surface area contributed by atoms with Crippen LogP contribution in [0.5, 0.6) is 0 Å². The molecule has 0 unspecified atom stereocenters. The minimum atomic E-state index is -0.399. The molecule has 2 nitrogen and oxygen atoms in total. The first-order valence-corrected chi connectivity index (χ1v) is 6.09. The van der Waals surface area contributed by atoms with Crippen LogP contribution in [0.2, 0.25) is 0 Å². The number of hydrogen-bond donors (Lipinski definition) is 0. The van der Waals surface area contributed by atoms with E-state index in [1.165, 1.54) is 0 Å². The molecule has 0 saturated carbocycles. The molecule has 0 aromatic rings. The minimum absolute atomic E-state index is 0.140. The van der Waals surface area contributed by atoms with E-state index < -0.39 is 5.41 Å². The normalized spacial score (nSPS) is 12.8. The molecule has 0 amide bonds. The molecule has 0 aliphatic rings. The topological polar surface area (TPSA) is 26.3 Å². The van der Waals surface area contributed by atoms with Crippen molar-refractivity contribution in [2.75, 3.05) is 6.61 Å². The van der Waals surface area contributed by atoms with Gasteiger partial charge in [-0.25, -0.2) is 0 Å². The van der Waals surface area contributed by atoms with Gasteiger partial charge in [0.15, 0.2) is 0 Å². The van der Waals surface area contributed by atoms with Crippen molar-refractivity contribution in [3.63, 3.8) is 0 Å². The molecular formula is C15H24O2.